The van der Waals surface area contributed by atoms with Gasteiger partial charge in [-0.25, -0.2) is 9.67 Å². The fraction of sp³-hybridized carbons (Fsp3) is 0.477. The van der Waals surface area contributed by atoms with Gasteiger partial charge >= 0.3 is 0 Å². The van der Waals surface area contributed by atoms with E-state index in [1.54, 1.807) is 24.4 Å². The third-order valence-electron chi connectivity index (χ3n) is 12.9. The maximum atomic E-state index is 13.4. The Labute approximate surface area is 348 Å². The van der Waals surface area contributed by atoms with E-state index in [9.17, 15) is 24.4 Å². The van der Waals surface area contributed by atoms with Gasteiger partial charge < -0.3 is 19.9 Å². The zero-order valence-corrected chi connectivity index (χ0v) is 34.7. The van der Waals surface area contributed by atoms with Crippen LogP contribution in [0.5, 0.6) is 5.75 Å². The molecule has 1 aliphatic carbocycles. The number of carbonyl (C=O) groups is 3. The van der Waals surface area contributed by atoms with Crippen molar-refractivity contribution in [3.8, 4) is 11.8 Å². The largest absolute Gasteiger partial charge is 0.489 e. The second-order valence-corrected chi connectivity index (χ2v) is 18.0. The minimum absolute atomic E-state index is 0.155. The number of hydrogen-bond donors (Lipinski definition) is 2. The predicted molar refractivity (Wildman–Crippen MR) is 225 cm³/mol. The highest BCUT2D eigenvalue weighted by molar-refractivity contribution is 6.31. The van der Waals surface area contributed by atoms with Crippen molar-refractivity contribution in [2.45, 2.75) is 71.6 Å². The molecule has 3 aliphatic heterocycles. The minimum atomic E-state index is -0.784. The second kappa shape index (κ2) is 15.9. The number of piperidine rings is 2. The summed E-state index contributed by atoms with van der Waals surface area (Å²) in [7, 11) is 0. The van der Waals surface area contributed by atoms with E-state index in [1.165, 1.54) is 4.68 Å². The number of aromatic nitrogens is 3. The van der Waals surface area contributed by atoms with Gasteiger partial charge in [0.05, 0.1) is 34.1 Å². The first-order valence-electron chi connectivity index (χ1n) is 20.4. The first-order chi connectivity index (χ1) is 28.2. The molecular formula is C44H50ClN9O5. The third-order valence-corrected chi connectivity index (χ3v) is 13.3. The normalized spacial score (nSPS) is 23.3. The summed E-state index contributed by atoms with van der Waals surface area (Å²) in [6.45, 7) is 14.9. The van der Waals surface area contributed by atoms with E-state index in [4.69, 9.17) is 16.3 Å². The molecule has 4 fully saturated rings. The second-order valence-electron chi connectivity index (χ2n) is 17.6. The molecule has 0 radical (unpaired) electrons. The van der Waals surface area contributed by atoms with E-state index < -0.39 is 11.9 Å². The SMILES string of the molecule is CC1(C)C(NC(=O)c2ccc(N3CCC(CN4CCN(c5ccc6c(=O)n(C7CCC(=O)NC7=O)ncc6c5)CC4)CC3)cn2)C(C)(C)C1Oc1ccc(C#N)c(Cl)c1. The van der Waals surface area contributed by atoms with Crippen LogP contribution in [0.15, 0.2) is 65.7 Å². The van der Waals surface area contributed by atoms with E-state index in [0.29, 0.717) is 33.3 Å². The summed E-state index contributed by atoms with van der Waals surface area (Å²) in [6.07, 6.45) is 5.86. The molecule has 15 heteroatoms. The molecule has 59 heavy (non-hydrogen) atoms. The van der Waals surface area contributed by atoms with E-state index in [2.05, 4.69) is 69.2 Å². The number of nitriles is 1. The highest BCUT2D eigenvalue weighted by atomic mass is 35.5. The highest BCUT2D eigenvalue weighted by Crippen LogP contribution is 2.55. The number of imide groups is 1. The Kier molecular flexibility index (Phi) is 10.9. The van der Waals surface area contributed by atoms with Gasteiger partial charge in [-0.2, -0.15) is 10.4 Å². The number of amides is 3. The number of benzene rings is 2. The third kappa shape index (κ3) is 7.85. The minimum Gasteiger partial charge on any atom is -0.489 e. The molecule has 4 aliphatic rings. The van der Waals surface area contributed by atoms with Crippen molar-refractivity contribution in [2.75, 3.05) is 55.6 Å². The number of rotatable bonds is 9. The van der Waals surface area contributed by atoms with Gasteiger partial charge in [-0.3, -0.25) is 29.4 Å². The Bertz CT molecular complexity index is 2360. The van der Waals surface area contributed by atoms with Gasteiger partial charge in [0.2, 0.25) is 5.91 Å². The molecule has 5 heterocycles. The van der Waals surface area contributed by atoms with E-state index in [-0.39, 0.29) is 53.2 Å². The molecule has 1 saturated carbocycles. The highest BCUT2D eigenvalue weighted by Gasteiger charge is 2.64. The summed E-state index contributed by atoms with van der Waals surface area (Å²) in [6, 6.07) is 15.8. The average molecular weight is 820 g/mol. The molecule has 8 rings (SSSR count). The monoisotopic (exact) mass is 819 g/mol. The number of pyridine rings is 1. The standard InChI is InChI=1S/C44H50ClN9O5/c1-43(2)41(44(3,4)42(43)59-32-8-5-28(23-46)34(45)22-32)50-38(56)35-10-7-31(25-47-35)52-15-13-27(14-16-52)26-51-17-19-53(20-18-51)30-6-9-33-29(21-30)24-48-54(40(33)58)36-11-12-37(55)49-39(36)57/h5-10,21-22,24-25,27,36,41-42H,11-20,26H2,1-4H3,(H,50,56)(H,49,55,57). The van der Waals surface area contributed by atoms with Crippen molar-refractivity contribution in [3.63, 3.8) is 0 Å². The summed E-state index contributed by atoms with van der Waals surface area (Å²) < 4.78 is 7.57. The maximum absolute atomic E-state index is 13.4. The molecule has 3 saturated heterocycles. The molecule has 2 aromatic carbocycles. The number of fused-ring (bicyclic) bond motifs is 1. The van der Waals surface area contributed by atoms with Crippen LogP contribution in [-0.2, 0) is 9.59 Å². The van der Waals surface area contributed by atoms with E-state index in [1.807, 2.05) is 36.5 Å². The van der Waals surface area contributed by atoms with Crippen LogP contribution in [0.25, 0.3) is 10.8 Å². The van der Waals surface area contributed by atoms with Crippen LogP contribution >= 0.6 is 11.6 Å². The molecule has 2 N–H and O–H groups in total. The van der Waals surface area contributed by atoms with Gasteiger partial charge in [-0.05, 0) is 67.6 Å². The number of ether oxygens (including phenoxy) is 1. The molecule has 1 atom stereocenters. The molecular weight excluding hydrogens is 770 g/mol. The number of anilines is 2. The van der Waals surface area contributed by atoms with Crippen molar-refractivity contribution < 1.29 is 19.1 Å². The van der Waals surface area contributed by atoms with Crippen LogP contribution in [0.2, 0.25) is 5.02 Å². The van der Waals surface area contributed by atoms with Gasteiger partial charge in [-0.1, -0.05) is 39.3 Å². The molecule has 1 unspecified atom stereocenters. The Morgan fingerprint density at radius 3 is 2.29 bits per heavy atom. The molecule has 4 aromatic rings. The summed E-state index contributed by atoms with van der Waals surface area (Å²) >= 11 is 6.25. The summed E-state index contributed by atoms with van der Waals surface area (Å²) in [5.74, 6) is 0.163. The van der Waals surface area contributed by atoms with Crippen LogP contribution in [0.4, 0.5) is 11.4 Å². The smallest absolute Gasteiger partial charge is 0.275 e. The summed E-state index contributed by atoms with van der Waals surface area (Å²) in [5, 5.41) is 20.6. The van der Waals surface area contributed by atoms with Crippen LogP contribution in [0.1, 0.15) is 75.5 Å². The van der Waals surface area contributed by atoms with Crippen LogP contribution < -0.4 is 30.7 Å². The van der Waals surface area contributed by atoms with Crippen LogP contribution in [-0.4, -0.2) is 95.3 Å². The molecule has 2 aromatic heterocycles. The fourth-order valence-electron chi connectivity index (χ4n) is 9.92. The van der Waals surface area contributed by atoms with Gasteiger partial charge in [0.25, 0.3) is 17.4 Å². The average Bonchev–Trinajstić information content (AvgIpc) is 3.22. The molecule has 0 bridgehead atoms. The Morgan fingerprint density at radius 2 is 1.63 bits per heavy atom. The number of halogens is 1. The predicted octanol–water partition coefficient (Wildman–Crippen LogP) is 4.94. The quantitative estimate of drug-likeness (QED) is 0.220. The fourth-order valence-corrected chi connectivity index (χ4v) is 10.1. The zero-order chi connectivity index (χ0) is 41.6. The van der Waals surface area contributed by atoms with E-state index in [0.717, 1.165) is 75.4 Å². The maximum Gasteiger partial charge on any atom is 0.275 e. The van der Waals surface area contributed by atoms with Crippen LogP contribution in [0, 0.1) is 28.1 Å². The van der Waals surface area contributed by atoms with Crippen LogP contribution in [0.3, 0.4) is 0 Å². The van der Waals surface area contributed by atoms with Gasteiger partial charge in [0, 0.05) is 86.2 Å². The first kappa shape index (κ1) is 40.3. The molecule has 308 valence electrons. The Balaban J connectivity index is 0.792. The number of nitrogens with zero attached hydrogens (tertiary/aromatic N) is 7. The van der Waals surface area contributed by atoms with Crippen molar-refractivity contribution in [1.29, 1.82) is 5.26 Å². The number of carbonyl (C=O) groups excluding carboxylic acids is 3. The Morgan fingerprint density at radius 1 is 0.915 bits per heavy atom. The van der Waals surface area contributed by atoms with Gasteiger partial charge in [-0.15, -0.1) is 0 Å². The molecule has 0 spiro atoms. The zero-order valence-electron chi connectivity index (χ0n) is 33.9. The first-order valence-corrected chi connectivity index (χ1v) is 20.8. The molecule has 14 nitrogen and oxygen atoms in total. The van der Waals surface area contributed by atoms with Gasteiger partial charge in [0.1, 0.15) is 29.7 Å². The van der Waals surface area contributed by atoms with Crippen molar-refractivity contribution in [3.05, 3.63) is 87.6 Å². The van der Waals surface area contributed by atoms with Crippen molar-refractivity contribution in [2.24, 2.45) is 16.7 Å². The Hall–Kier alpha value is -5.52. The summed E-state index contributed by atoms with van der Waals surface area (Å²) in [4.78, 5) is 62.5. The lowest BCUT2D eigenvalue weighted by Crippen LogP contribution is -2.74. The van der Waals surface area contributed by atoms with Crippen molar-refractivity contribution >= 4 is 51.5 Å². The van der Waals surface area contributed by atoms with E-state index >= 15 is 0 Å². The lowest BCUT2D eigenvalue weighted by Gasteiger charge is -2.63. The number of hydrogen-bond acceptors (Lipinski definition) is 11. The topological polar surface area (TPSA) is 166 Å². The summed E-state index contributed by atoms with van der Waals surface area (Å²) in [5.41, 5.74) is 1.77. The number of piperazine rings is 1. The lowest BCUT2D eigenvalue weighted by atomic mass is 9.49. The van der Waals surface area contributed by atoms with Gasteiger partial charge in [0.15, 0.2) is 0 Å². The van der Waals surface area contributed by atoms with Crippen molar-refractivity contribution in [1.82, 2.24) is 30.3 Å². The number of nitrogens with one attached hydrogen (secondary N) is 2. The molecule has 3 amide bonds. The lowest BCUT2D eigenvalue weighted by molar-refractivity contribution is -0.164.